The highest BCUT2D eigenvalue weighted by atomic mass is 35.5. The molecule has 1 aromatic carbocycles. The number of esters is 1. The molecule has 3 nitrogen and oxygen atoms in total. The molecule has 5 rings (SSSR count). The van der Waals surface area contributed by atoms with Crippen LogP contribution >= 0.6 is 11.6 Å². The van der Waals surface area contributed by atoms with Crippen LogP contribution < -0.4 is 0 Å². The lowest BCUT2D eigenvalue weighted by molar-refractivity contribution is -0.168. The van der Waals surface area contributed by atoms with Crippen molar-refractivity contribution in [1.29, 1.82) is 0 Å². The lowest BCUT2D eigenvalue weighted by Gasteiger charge is -2.58. The Labute approximate surface area is 145 Å². The number of halogens is 2. The zero-order valence-electron chi connectivity index (χ0n) is 13.4. The SMILES string of the molecule is O=C(COC(=O)C12C[C@H]3C[C@@H](CC(Cl)(C3)C1)C2)c1ccc(F)cc1. The Morgan fingerprint density at radius 1 is 1.12 bits per heavy atom. The first kappa shape index (κ1) is 16.1. The van der Waals surface area contributed by atoms with Gasteiger partial charge in [-0.25, -0.2) is 4.39 Å². The second-order valence-corrected chi connectivity index (χ2v) is 8.70. The van der Waals surface area contributed by atoms with Crippen LogP contribution in [0.3, 0.4) is 0 Å². The minimum atomic E-state index is -0.505. The summed E-state index contributed by atoms with van der Waals surface area (Å²) in [5, 5.41) is 0. The predicted molar refractivity (Wildman–Crippen MR) is 87.4 cm³/mol. The van der Waals surface area contributed by atoms with Crippen LogP contribution in [0.25, 0.3) is 0 Å². The summed E-state index contributed by atoms with van der Waals surface area (Å²) in [6.45, 7) is -0.295. The molecule has 1 aromatic rings. The molecule has 4 fully saturated rings. The van der Waals surface area contributed by atoms with E-state index < -0.39 is 11.2 Å². The minimum Gasteiger partial charge on any atom is -0.457 e. The highest BCUT2D eigenvalue weighted by molar-refractivity contribution is 6.24. The van der Waals surface area contributed by atoms with E-state index in [9.17, 15) is 14.0 Å². The summed E-state index contributed by atoms with van der Waals surface area (Å²) in [5.41, 5.74) is -0.155. The average molecular weight is 351 g/mol. The molecule has 0 saturated heterocycles. The molecule has 4 aliphatic carbocycles. The van der Waals surface area contributed by atoms with Crippen molar-refractivity contribution in [3.63, 3.8) is 0 Å². The van der Waals surface area contributed by atoms with Gasteiger partial charge in [-0.2, -0.15) is 0 Å². The fraction of sp³-hybridized carbons (Fsp3) is 0.579. The van der Waals surface area contributed by atoms with Crippen molar-refractivity contribution >= 4 is 23.4 Å². The third-order valence-electron chi connectivity index (χ3n) is 5.92. The van der Waals surface area contributed by atoms with Gasteiger partial charge < -0.3 is 4.74 Å². The van der Waals surface area contributed by atoms with Gasteiger partial charge in [0.2, 0.25) is 0 Å². The van der Waals surface area contributed by atoms with Crippen LogP contribution in [-0.4, -0.2) is 23.2 Å². The van der Waals surface area contributed by atoms with E-state index in [1.165, 1.54) is 24.3 Å². The molecule has 0 heterocycles. The van der Waals surface area contributed by atoms with Gasteiger partial charge in [0.1, 0.15) is 5.82 Å². The van der Waals surface area contributed by atoms with Crippen molar-refractivity contribution in [3.8, 4) is 0 Å². The smallest absolute Gasteiger partial charge is 0.312 e. The van der Waals surface area contributed by atoms with Gasteiger partial charge in [-0.15, -0.1) is 11.6 Å². The first-order valence-corrected chi connectivity index (χ1v) is 8.90. The number of alkyl halides is 1. The van der Waals surface area contributed by atoms with Gasteiger partial charge in [0.15, 0.2) is 12.4 Å². The molecule has 0 unspecified atom stereocenters. The molecule has 4 aliphatic rings. The van der Waals surface area contributed by atoms with E-state index in [1.807, 2.05) is 0 Å². The highest BCUT2D eigenvalue weighted by Crippen LogP contribution is 2.64. The maximum Gasteiger partial charge on any atom is 0.312 e. The standard InChI is InChI=1S/C19H20ClFO3/c20-19-8-12-5-13(9-19)7-18(6-12,11-19)17(23)24-10-16(22)14-1-3-15(21)4-2-14/h1-4,12-13H,5-11H2/t12-,13-,18?,19?/m1/s1. The Morgan fingerprint density at radius 2 is 1.75 bits per heavy atom. The number of hydrogen-bond donors (Lipinski definition) is 0. The molecule has 0 aliphatic heterocycles. The first-order valence-electron chi connectivity index (χ1n) is 8.52. The van der Waals surface area contributed by atoms with Crippen LogP contribution in [0.4, 0.5) is 4.39 Å². The van der Waals surface area contributed by atoms with Crippen molar-refractivity contribution in [2.24, 2.45) is 17.3 Å². The minimum absolute atomic E-state index is 0.260. The molecular formula is C19H20ClFO3. The van der Waals surface area contributed by atoms with Crippen molar-refractivity contribution in [2.75, 3.05) is 6.61 Å². The molecule has 128 valence electrons. The Kier molecular flexibility index (Phi) is 3.72. The molecule has 0 radical (unpaired) electrons. The van der Waals surface area contributed by atoms with Gasteiger partial charge in [-0.3, -0.25) is 9.59 Å². The van der Waals surface area contributed by atoms with Crippen molar-refractivity contribution in [1.82, 2.24) is 0 Å². The molecule has 0 spiro atoms. The summed E-state index contributed by atoms with van der Waals surface area (Å²) in [4.78, 5) is 24.6. The van der Waals surface area contributed by atoms with Gasteiger partial charge in [0.05, 0.1) is 5.41 Å². The second-order valence-electron chi connectivity index (χ2n) is 7.90. The summed E-state index contributed by atoms with van der Waals surface area (Å²) in [6, 6.07) is 5.27. The van der Waals surface area contributed by atoms with Gasteiger partial charge >= 0.3 is 5.97 Å². The fourth-order valence-corrected chi connectivity index (χ4v) is 6.09. The lowest BCUT2D eigenvalue weighted by atomic mass is 9.49. The zero-order chi connectivity index (χ0) is 16.9. The Balaban J connectivity index is 1.43. The highest BCUT2D eigenvalue weighted by Gasteiger charge is 2.60. The van der Waals surface area contributed by atoms with E-state index in [-0.39, 0.29) is 23.2 Å². The molecule has 5 heteroatoms. The molecule has 4 bridgehead atoms. The van der Waals surface area contributed by atoms with Crippen LogP contribution in [0, 0.1) is 23.1 Å². The fourth-order valence-electron chi connectivity index (χ4n) is 5.39. The molecule has 0 aromatic heterocycles. The summed E-state index contributed by atoms with van der Waals surface area (Å²) in [6.07, 6.45) is 5.49. The number of carbonyl (C=O) groups excluding carboxylic acids is 2. The van der Waals surface area contributed by atoms with Crippen LogP contribution in [-0.2, 0) is 9.53 Å². The van der Waals surface area contributed by atoms with E-state index in [4.69, 9.17) is 16.3 Å². The molecular weight excluding hydrogens is 331 g/mol. The van der Waals surface area contributed by atoms with Crippen molar-refractivity contribution in [3.05, 3.63) is 35.6 Å². The maximum atomic E-state index is 12.9. The third kappa shape index (κ3) is 2.75. The van der Waals surface area contributed by atoms with E-state index in [0.29, 0.717) is 23.8 Å². The van der Waals surface area contributed by atoms with Gasteiger partial charge in [-0.1, -0.05) is 0 Å². The number of benzene rings is 1. The van der Waals surface area contributed by atoms with Crippen LogP contribution in [0.1, 0.15) is 48.9 Å². The Morgan fingerprint density at radius 3 is 2.33 bits per heavy atom. The molecule has 0 N–H and O–H groups in total. The molecule has 4 saturated carbocycles. The monoisotopic (exact) mass is 350 g/mol. The van der Waals surface area contributed by atoms with E-state index >= 15 is 0 Å². The van der Waals surface area contributed by atoms with Crippen LogP contribution in [0.15, 0.2) is 24.3 Å². The quantitative estimate of drug-likeness (QED) is 0.466. The van der Waals surface area contributed by atoms with Crippen LogP contribution in [0.5, 0.6) is 0 Å². The lowest BCUT2D eigenvalue weighted by Crippen LogP contribution is -2.56. The van der Waals surface area contributed by atoms with Crippen LogP contribution in [0.2, 0.25) is 0 Å². The number of ketones is 1. The number of Topliss-reactive ketones (excluding diaryl/α,β-unsaturated/α-hetero) is 1. The largest absolute Gasteiger partial charge is 0.457 e. The summed E-state index contributed by atoms with van der Waals surface area (Å²) >= 11 is 6.73. The zero-order valence-corrected chi connectivity index (χ0v) is 14.2. The van der Waals surface area contributed by atoms with E-state index in [1.54, 1.807) is 0 Å². The van der Waals surface area contributed by atoms with Crippen molar-refractivity contribution < 1.29 is 18.7 Å². The molecule has 24 heavy (non-hydrogen) atoms. The average Bonchev–Trinajstić information content (AvgIpc) is 2.50. The van der Waals surface area contributed by atoms with Gasteiger partial charge in [0, 0.05) is 10.4 Å². The summed E-state index contributed by atoms with van der Waals surface area (Å²) in [5.74, 6) is 0.0171. The van der Waals surface area contributed by atoms with Crippen molar-refractivity contribution in [2.45, 2.75) is 43.4 Å². The third-order valence-corrected chi connectivity index (χ3v) is 6.37. The number of rotatable bonds is 4. The predicted octanol–water partition coefficient (Wildman–Crippen LogP) is 4.13. The summed E-state index contributed by atoms with van der Waals surface area (Å²) < 4.78 is 18.3. The first-order chi connectivity index (χ1) is 11.4. The maximum absolute atomic E-state index is 12.9. The van der Waals surface area contributed by atoms with E-state index in [0.717, 1.165) is 32.1 Å². The Hall–Kier alpha value is -1.42. The number of carbonyl (C=O) groups is 2. The number of ether oxygens (including phenoxy) is 1. The normalized spacial score (nSPS) is 36.6. The molecule has 0 amide bonds. The topological polar surface area (TPSA) is 43.4 Å². The van der Waals surface area contributed by atoms with Gasteiger partial charge in [0.25, 0.3) is 0 Å². The number of hydrogen-bond acceptors (Lipinski definition) is 3. The Bertz CT molecular complexity index is 670. The summed E-state index contributed by atoms with van der Waals surface area (Å²) in [7, 11) is 0. The van der Waals surface area contributed by atoms with Gasteiger partial charge in [-0.05, 0) is 74.6 Å². The van der Waals surface area contributed by atoms with E-state index in [2.05, 4.69) is 0 Å². The second kappa shape index (κ2) is 5.55. The molecule has 2 atom stereocenters.